The summed E-state index contributed by atoms with van der Waals surface area (Å²) in [5.41, 5.74) is 2.32. The van der Waals surface area contributed by atoms with Crippen LogP contribution < -0.4 is 0 Å². The molecule has 0 aliphatic rings. The quantitative estimate of drug-likeness (QED) is 0.613. The zero-order valence-electron chi connectivity index (χ0n) is 13.1. The smallest absolute Gasteiger partial charge is 0.191 e. The SMILES string of the molecule is CCn1c(SCC=Cc2ccccc2)nnc1-c1ccccc1. The van der Waals surface area contributed by atoms with Crippen LogP contribution in [-0.2, 0) is 6.54 Å². The van der Waals surface area contributed by atoms with Gasteiger partial charge in [0.25, 0.3) is 0 Å². The van der Waals surface area contributed by atoms with Crippen LogP contribution in [0.25, 0.3) is 17.5 Å². The molecule has 2 aromatic carbocycles. The van der Waals surface area contributed by atoms with Gasteiger partial charge < -0.3 is 4.57 Å². The fraction of sp³-hybridized carbons (Fsp3) is 0.158. The number of rotatable bonds is 6. The number of aromatic nitrogens is 3. The second kappa shape index (κ2) is 7.79. The minimum Gasteiger partial charge on any atom is -0.302 e. The van der Waals surface area contributed by atoms with Crippen LogP contribution in [0.15, 0.2) is 71.9 Å². The predicted molar refractivity (Wildman–Crippen MR) is 97.3 cm³/mol. The van der Waals surface area contributed by atoms with Crippen molar-refractivity contribution >= 4 is 17.8 Å². The summed E-state index contributed by atoms with van der Waals surface area (Å²) in [6, 6.07) is 20.5. The summed E-state index contributed by atoms with van der Waals surface area (Å²) in [7, 11) is 0. The molecular weight excluding hydrogens is 302 g/mol. The molecule has 0 saturated carbocycles. The number of benzene rings is 2. The van der Waals surface area contributed by atoms with Crippen LogP contribution in [0.3, 0.4) is 0 Å². The Balaban J connectivity index is 1.69. The highest BCUT2D eigenvalue weighted by atomic mass is 32.2. The molecule has 3 nitrogen and oxygen atoms in total. The average molecular weight is 321 g/mol. The molecule has 3 rings (SSSR count). The molecular formula is C19H19N3S. The van der Waals surface area contributed by atoms with E-state index in [2.05, 4.69) is 58.1 Å². The molecule has 4 heteroatoms. The van der Waals surface area contributed by atoms with Crippen LogP contribution in [-0.4, -0.2) is 20.5 Å². The van der Waals surface area contributed by atoms with Crippen molar-refractivity contribution in [2.24, 2.45) is 0 Å². The van der Waals surface area contributed by atoms with Gasteiger partial charge in [0.1, 0.15) is 0 Å². The predicted octanol–water partition coefficient (Wildman–Crippen LogP) is 4.77. The summed E-state index contributed by atoms with van der Waals surface area (Å²) in [4.78, 5) is 0. The van der Waals surface area contributed by atoms with Crippen LogP contribution in [0.2, 0.25) is 0 Å². The van der Waals surface area contributed by atoms with Crippen molar-refractivity contribution in [1.82, 2.24) is 14.8 Å². The first-order chi connectivity index (χ1) is 11.4. The van der Waals surface area contributed by atoms with Gasteiger partial charge in [-0.25, -0.2) is 0 Å². The lowest BCUT2D eigenvalue weighted by Gasteiger charge is -2.06. The van der Waals surface area contributed by atoms with Gasteiger partial charge in [-0.05, 0) is 12.5 Å². The molecule has 0 aliphatic heterocycles. The Morgan fingerprint density at radius 3 is 2.35 bits per heavy atom. The Morgan fingerprint density at radius 2 is 1.65 bits per heavy atom. The Labute approximate surface area is 141 Å². The monoisotopic (exact) mass is 321 g/mol. The molecule has 0 unspecified atom stereocenters. The van der Waals surface area contributed by atoms with E-state index in [1.807, 2.05) is 36.4 Å². The molecule has 0 amide bonds. The fourth-order valence-electron chi connectivity index (χ4n) is 2.35. The van der Waals surface area contributed by atoms with Crippen molar-refractivity contribution in [2.45, 2.75) is 18.6 Å². The Hall–Kier alpha value is -2.33. The highest BCUT2D eigenvalue weighted by Crippen LogP contribution is 2.23. The van der Waals surface area contributed by atoms with Gasteiger partial charge >= 0.3 is 0 Å². The Morgan fingerprint density at radius 1 is 0.957 bits per heavy atom. The zero-order valence-corrected chi connectivity index (χ0v) is 13.9. The van der Waals surface area contributed by atoms with Crippen LogP contribution in [0, 0.1) is 0 Å². The van der Waals surface area contributed by atoms with Gasteiger partial charge in [-0.15, -0.1) is 10.2 Å². The number of nitrogens with zero attached hydrogens (tertiary/aromatic N) is 3. The first-order valence-corrected chi connectivity index (χ1v) is 8.70. The third-order valence-corrected chi connectivity index (χ3v) is 4.40. The molecule has 0 radical (unpaired) electrons. The molecule has 0 N–H and O–H groups in total. The number of thioether (sulfide) groups is 1. The third-order valence-electron chi connectivity index (χ3n) is 3.48. The minimum atomic E-state index is 0.863. The van der Waals surface area contributed by atoms with E-state index in [-0.39, 0.29) is 0 Å². The lowest BCUT2D eigenvalue weighted by molar-refractivity contribution is 0.688. The Bertz CT molecular complexity index is 764. The third kappa shape index (κ3) is 3.90. The van der Waals surface area contributed by atoms with E-state index in [9.17, 15) is 0 Å². The summed E-state index contributed by atoms with van der Waals surface area (Å²) in [5.74, 6) is 1.81. The zero-order chi connectivity index (χ0) is 15.9. The normalized spacial score (nSPS) is 11.2. The molecule has 0 spiro atoms. The van der Waals surface area contributed by atoms with E-state index in [0.29, 0.717) is 0 Å². The van der Waals surface area contributed by atoms with E-state index < -0.39 is 0 Å². The molecule has 3 aromatic rings. The fourth-order valence-corrected chi connectivity index (χ4v) is 3.16. The second-order valence-electron chi connectivity index (χ2n) is 5.04. The average Bonchev–Trinajstić information content (AvgIpc) is 3.03. The lowest BCUT2D eigenvalue weighted by atomic mass is 10.2. The largest absolute Gasteiger partial charge is 0.302 e. The van der Waals surface area contributed by atoms with Gasteiger partial charge in [0.2, 0.25) is 0 Å². The van der Waals surface area contributed by atoms with Crippen molar-refractivity contribution < 1.29 is 0 Å². The van der Waals surface area contributed by atoms with E-state index >= 15 is 0 Å². The summed E-state index contributed by atoms with van der Waals surface area (Å²) in [5, 5.41) is 9.67. The molecule has 1 heterocycles. The van der Waals surface area contributed by atoms with Crippen LogP contribution in [0.5, 0.6) is 0 Å². The van der Waals surface area contributed by atoms with E-state index in [4.69, 9.17) is 0 Å². The maximum absolute atomic E-state index is 4.36. The molecule has 23 heavy (non-hydrogen) atoms. The molecule has 0 fully saturated rings. The summed E-state index contributed by atoms with van der Waals surface area (Å²) >= 11 is 1.71. The van der Waals surface area contributed by atoms with Crippen molar-refractivity contribution in [3.63, 3.8) is 0 Å². The van der Waals surface area contributed by atoms with Gasteiger partial charge in [0.05, 0.1) is 0 Å². The van der Waals surface area contributed by atoms with Gasteiger partial charge in [-0.1, -0.05) is 84.6 Å². The summed E-state index contributed by atoms with van der Waals surface area (Å²) < 4.78 is 2.16. The van der Waals surface area contributed by atoms with Gasteiger partial charge in [-0.3, -0.25) is 0 Å². The number of hydrogen-bond donors (Lipinski definition) is 0. The summed E-state index contributed by atoms with van der Waals surface area (Å²) in [6.07, 6.45) is 4.30. The lowest BCUT2D eigenvalue weighted by Crippen LogP contribution is -1.99. The van der Waals surface area contributed by atoms with Gasteiger partial charge in [0, 0.05) is 17.9 Å². The van der Waals surface area contributed by atoms with Gasteiger partial charge in [0.15, 0.2) is 11.0 Å². The maximum Gasteiger partial charge on any atom is 0.191 e. The van der Waals surface area contributed by atoms with Crippen molar-refractivity contribution in [2.75, 3.05) is 5.75 Å². The molecule has 116 valence electrons. The van der Waals surface area contributed by atoms with Gasteiger partial charge in [-0.2, -0.15) is 0 Å². The van der Waals surface area contributed by atoms with Crippen molar-refractivity contribution in [3.8, 4) is 11.4 Å². The summed E-state index contributed by atoms with van der Waals surface area (Å²) in [6.45, 7) is 2.99. The topological polar surface area (TPSA) is 30.7 Å². The first-order valence-electron chi connectivity index (χ1n) is 7.71. The minimum absolute atomic E-state index is 0.863. The van der Waals surface area contributed by atoms with E-state index in [1.54, 1.807) is 11.8 Å². The highest BCUT2D eigenvalue weighted by Gasteiger charge is 2.11. The molecule has 0 saturated heterocycles. The van der Waals surface area contributed by atoms with Crippen LogP contribution >= 0.6 is 11.8 Å². The highest BCUT2D eigenvalue weighted by molar-refractivity contribution is 7.99. The van der Waals surface area contributed by atoms with E-state index in [0.717, 1.165) is 28.8 Å². The van der Waals surface area contributed by atoms with Crippen LogP contribution in [0.4, 0.5) is 0 Å². The molecule has 0 aliphatic carbocycles. The Kier molecular flexibility index (Phi) is 5.27. The van der Waals surface area contributed by atoms with Crippen LogP contribution in [0.1, 0.15) is 12.5 Å². The maximum atomic E-state index is 4.36. The molecule has 0 atom stereocenters. The molecule has 0 bridgehead atoms. The molecule has 1 aromatic heterocycles. The van der Waals surface area contributed by atoms with Crippen molar-refractivity contribution in [1.29, 1.82) is 0 Å². The number of hydrogen-bond acceptors (Lipinski definition) is 3. The first kappa shape index (κ1) is 15.6. The standard InChI is InChI=1S/C19H19N3S/c1-2-22-18(17-13-7-4-8-14-17)20-21-19(22)23-15-9-12-16-10-5-3-6-11-16/h3-14H,2,15H2,1H3. The second-order valence-corrected chi connectivity index (χ2v) is 6.03. The van der Waals surface area contributed by atoms with E-state index in [1.165, 1.54) is 5.56 Å². The van der Waals surface area contributed by atoms with Crippen molar-refractivity contribution in [3.05, 3.63) is 72.3 Å².